The molecule has 1 heterocycles. The summed E-state index contributed by atoms with van der Waals surface area (Å²) in [6, 6.07) is 7.49. The Balaban J connectivity index is 2.86. The van der Waals surface area contributed by atoms with Gasteiger partial charge in [0.15, 0.2) is 0 Å². The van der Waals surface area contributed by atoms with Crippen LogP contribution in [-0.2, 0) is 0 Å². The van der Waals surface area contributed by atoms with Crippen LogP contribution in [0.15, 0.2) is 24.3 Å². The van der Waals surface area contributed by atoms with E-state index < -0.39 is 0 Å². The molecule has 0 unspecified atom stereocenters. The number of H-pyrrole nitrogens is 1. The number of nitrogens with one attached hydrogen (secondary N) is 1. The first-order chi connectivity index (χ1) is 7.26. The molecule has 1 aromatic carbocycles. The summed E-state index contributed by atoms with van der Waals surface area (Å²) in [5, 5.41) is 0.963. The van der Waals surface area contributed by atoms with Crippen molar-refractivity contribution >= 4 is 23.1 Å². The molecular weight excluding hydrogens is 210 g/mol. The van der Waals surface area contributed by atoms with Gasteiger partial charge in [-0.15, -0.1) is 0 Å². The highest BCUT2D eigenvalue weighted by Gasteiger charge is 2.06. The van der Waals surface area contributed by atoms with Gasteiger partial charge in [-0.3, -0.25) is 0 Å². The third-order valence-corrected chi connectivity index (χ3v) is 2.49. The maximum absolute atomic E-state index is 5.26. The fourth-order valence-corrected chi connectivity index (χ4v) is 1.72. The monoisotopic (exact) mass is 221 g/mol. The Kier molecular flexibility index (Phi) is 2.60. The maximum Gasteiger partial charge on any atom is 0.143 e. The number of aromatic nitrogens is 1. The molecule has 1 aromatic heterocycles. The molecular formula is C11H11NO2S. The molecule has 4 heteroatoms. The van der Waals surface area contributed by atoms with Crippen molar-refractivity contribution in [1.82, 2.24) is 4.98 Å². The average Bonchev–Trinajstić information content (AvgIpc) is 2.27. The molecule has 0 saturated heterocycles. The van der Waals surface area contributed by atoms with Crippen LogP contribution in [0.25, 0.3) is 10.9 Å². The van der Waals surface area contributed by atoms with E-state index >= 15 is 0 Å². The maximum atomic E-state index is 5.26. The number of hydrogen-bond donors (Lipinski definition) is 1. The lowest BCUT2D eigenvalue weighted by molar-refractivity contribution is 0.409. The minimum absolute atomic E-state index is 0.675. The Morgan fingerprint density at radius 2 is 1.67 bits per heavy atom. The van der Waals surface area contributed by atoms with Gasteiger partial charge in [0.25, 0.3) is 0 Å². The lowest BCUT2D eigenvalue weighted by atomic mass is 10.2. The second-order valence-corrected chi connectivity index (χ2v) is 3.52. The zero-order valence-electron chi connectivity index (χ0n) is 8.53. The van der Waals surface area contributed by atoms with Crippen molar-refractivity contribution in [3.63, 3.8) is 0 Å². The van der Waals surface area contributed by atoms with Crippen LogP contribution >= 0.6 is 12.2 Å². The predicted molar refractivity (Wildman–Crippen MR) is 62.2 cm³/mol. The third kappa shape index (κ3) is 1.68. The first-order valence-electron chi connectivity index (χ1n) is 4.50. The lowest BCUT2D eigenvalue weighted by Gasteiger charge is -2.08. The molecule has 0 atom stereocenters. The molecule has 78 valence electrons. The molecule has 0 fully saturated rings. The molecule has 0 bridgehead atoms. The van der Waals surface area contributed by atoms with Gasteiger partial charge < -0.3 is 14.5 Å². The Hall–Kier alpha value is -1.55. The van der Waals surface area contributed by atoms with Crippen LogP contribution in [0.4, 0.5) is 0 Å². The summed E-state index contributed by atoms with van der Waals surface area (Å²) in [5.74, 6) is 1.56. The SMILES string of the molecule is COc1ccc(OC)c2[nH]c(=S)ccc12. The molecule has 0 aliphatic heterocycles. The van der Waals surface area contributed by atoms with Crippen molar-refractivity contribution in [2.24, 2.45) is 0 Å². The number of pyridine rings is 1. The van der Waals surface area contributed by atoms with E-state index in [4.69, 9.17) is 21.7 Å². The van der Waals surface area contributed by atoms with E-state index in [0.717, 1.165) is 22.4 Å². The van der Waals surface area contributed by atoms with Crippen LogP contribution < -0.4 is 9.47 Å². The smallest absolute Gasteiger partial charge is 0.143 e. The zero-order chi connectivity index (χ0) is 10.8. The first kappa shape index (κ1) is 9.98. The highest BCUT2D eigenvalue weighted by Crippen LogP contribution is 2.31. The molecule has 2 aromatic rings. The number of methoxy groups -OCH3 is 2. The topological polar surface area (TPSA) is 34.2 Å². The summed E-state index contributed by atoms with van der Waals surface area (Å²) in [6.07, 6.45) is 0. The van der Waals surface area contributed by atoms with Crippen molar-refractivity contribution in [2.75, 3.05) is 14.2 Å². The molecule has 15 heavy (non-hydrogen) atoms. The van der Waals surface area contributed by atoms with Crippen molar-refractivity contribution in [2.45, 2.75) is 0 Å². The largest absolute Gasteiger partial charge is 0.496 e. The molecule has 0 spiro atoms. The summed E-state index contributed by atoms with van der Waals surface area (Å²) >= 11 is 5.07. The molecule has 1 N–H and O–H groups in total. The highest BCUT2D eigenvalue weighted by molar-refractivity contribution is 7.71. The second-order valence-electron chi connectivity index (χ2n) is 3.08. The molecule has 0 aliphatic carbocycles. The Morgan fingerprint density at radius 1 is 1.00 bits per heavy atom. The van der Waals surface area contributed by atoms with Gasteiger partial charge in [-0.25, -0.2) is 0 Å². The van der Waals surface area contributed by atoms with Gasteiger partial charge in [-0.2, -0.15) is 0 Å². The summed E-state index contributed by atoms with van der Waals surface area (Å²) in [6.45, 7) is 0. The lowest BCUT2D eigenvalue weighted by Crippen LogP contribution is -1.91. The van der Waals surface area contributed by atoms with Crippen LogP contribution in [0.3, 0.4) is 0 Å². The van der Waals surface area contributed by atoms with Crippen LogP contribution in [0.1, 0.15) is 0 Å². The Labute approximate surface area is 92.6 Å². The number of ether oxygens (including phenoxy) is 2. The second kappa shape index (κ2) is 3.90. The number of fused-ring (bicyclic) bond motifs is 1. The molecule has 0 saturated carbocycles. The summed E-state index contributed by atoms with van der Waals surface area (Å²) in [4.78, 5) is 3.09. The number of rotatable bonds is 2. The van der Waals surface area contributed by atoms with Crippen LogP contribution in [0.2, 0.25) is 0 Å². The molecule has 2 rings (SSSR count). The van der Waals surface area contributed by atoms with E-state index in [1.54, 1.807) is 14.2 Å². The summed E-state index contributed by atoms with van der Waals surface area (Å²) < 4.78 is 11.2. The minimum atomic E-state index is 0.675. The van der Waals surface area contributed by atoms with Gasteiger partial charge in [0.2, 0.25) is 0 Å². The fraction of sp³-hybridized carbons (Fsp3) is 0.182. The number of aromatic amines is 1. The van der Waals surface area contributed by atoms with Crippen LogP contribution in [0.5, 0.6) is 11.5 Å². The fourth-order valence-electron chi connectivity index (χ4n) is 1.55. The molecule has 3 nitrogen and oxygen atoms in total. The van der Waals surface area contributed by atoms with Crippen molar-refractivity contribution in [3.8, 4) is 11.5 Å². The van der Waals surface area contributed by atoms with E-state index in [1.165, 1.54) is 0 Å². The van der Waals surface area contributed by atoms with Crippen molar-refractivity contribution in [3.05, 3.63) is 28.9 Å². The summed E-state index contributed by atoms with van der Waals surface area (Å²) in [5.41, 5.74) is 0.865. The van der Waals surface area contributed by atoms with Crippen molar-refractivity contribution in [1.29, 1.82) is 0 Å². The minimum Gasteiger partial charge on any atom is -0.496 e. The van der Waals surface area contributed by atoms with E-state index in [9.17, 15) is 0 Å². The number of benzene rings is 1. The average molecular weight is 221 g/mol. The quantitative estimate of drug-likeness (QED) is 0.792. The van der Waals surface area contributed by atoms with Gasteiger partial charge in [-0.05, 0) is 24.3 Å². The van der Waals surface area contributed by atoms with E-state index in [1.807, 2.05) is 24.3 Å². The van der Waals surface area contributed by atoms with Gasteiger partial charge in [0.1, 0.15) is 16.1 Å². The zero-order valence-corrected chi connectivity index (χ0v) is 9.35. The van der Waals surface area contributed by atoms with Gasteiger partial charge in [-0.1, -0.05) is 12.2 Å². The first-order valence-corrected chi connectivity index (χ1v) is 4.91. The predicted octanol–water partition coefficient (Wildman–Crippen LogP) is 2.91. The molecule has 0 aliphatic rings. The van der Waals surface area contributed by atoms with Crippen molar-refractivity contribution < 1.29 is 9.47 Å². The molecule has 0 radical (unpaired) electrons. The standard InChI is InChI=1S/C11H11NO2S/c1-13-8-4-5-9(14-2)11-7(8)3-6-10(15)12-11/h3-6H,1-2H3,(H,12,15). The number of hydrogen-bond acceptors (Lipinski definition) is 3. The van der Waals surface area contributed by atoms with Gasteiger partial charge in [0, 0.05) is 5.39 Å². The van der Waals surface area contributed by atoms with Crippen LogP contribution in [0, 0.1) is 4.64 Å². The van der Waals surface area contributed by atoms with Crippen LogP contribution in [-0.4, -0.2) is 19.2 Å². The van der Waals surface area contributed by atoms with Gasteiger partial charge in [0.05, 0.1) is 19.7 Å². The van der Waals surface area contributed by atoms with E-state index in [2.05, 4.69) is 4.98 Å². The molecule has 0 amide bonds. The van der Waals surface area contributed by atoms with E-state index in [-0.39, 0.29) is 0 Å². The summed E-state index contributed by atoms with van der Waals surface area (Å²) in [7, 11) is 3.27. The van der Waals surface area contributed by atoms with Gasteiger partial charge >= 0.3 is 0 Å². The third-order valence-electron chi connectivity index (χ3n) is 2.26. The normalized spacial score (nSPS) is 10.3. The van der Waals surface area contributed by atoms with E-state index in [0.29, 0.717) is 4.64 Å². The highest BCUT2D eigenvalue weighted by atomic mass is 32.1. The Morgan fingerprint density at radius 3 is 2.33 bits per heavy atom. The Bertz CT molecular complexity index is 548.